The molecule has 0 bridgehead atoms. The Morgan fingerprint density at radius 3 is 2.45 bits per heavy atom. The summed E-state index contributed by atoms with van der Waals surface area (Å²) in [7, 11) is -3.53. The van der Waals surface area contributed by atoms with E-state index in [9.17, 15) is 13.2 Å². The lowest BCUT2D eigenvalue weighted by atomic mass is 9.90. The first kappa shape index (κ1) is 26.1. The van der Waals surface area contributed by atoms with Crippen LogP contribution in [0.3, 0.4) is 0 Å². The third kappa shape index (κ3) is 5.80. The van der Waals surface area contributed by atoms with Crippen molar-refractivity contribution in [3.05, 3.63) is 89.5 Å². The third-order valence-corrected chi connectivity index (χ3v) is 8.56. The van der Waals surface area contributed by atoms with Gasteiger partial charge in [-0.05, 0) is 60.9 Å². The number of nitrogens with one attached hydrogen (secondary N) is 2. The number of ether oxygens (including phenoxy) is 1. The number of amides is 1. The quantitative estimate of drug-likeness (QED) is 0.416. The molecular formula is C29H32N4O4S. The molecule has 0 radical (unpaired) electrons. The summed E-state index contributed by atoms with van der Waals surface area (Å²) in [6.45, 7) is 7.45. The van der Waals surface area contributed by atoms with E-state index in [1.807, 2.05) is 42.5 Å². The van der Waals surface area contributed by atoms with E-state index in [2.05, 4.69) is 27.1 Å². The van der Waals surface area contributed by atoms with Crippen LogP contribution in [0.25, 0.3) is 0 Å². The molecule has 2 aliphatic rings. The van der Waals surface area contributed by atoms with E-state index in [-0.39, 0.29) is 5.91 Å². The van der Waals surface area contributed by atoms with Crippen molar-refractivity contribution in [2.75, 3.05) is 36.3 Å². The fourth-order valence-electron chi connectivity index (χ4n) is 4.62. The van der Waals surface area contributed by atoms with E-state index >= 15 is 0 Å². The number of carbonyl (C=O) groups excluding carboxylic acids is 1. The SMILES string of the molecule is CC(C)S(=O)(=O)Nc1ccc2c(c1)C(C(=Nc1ccc(CN3CCOCC3)cc1)c1ccccc1)C(=O)N2. The third-order valence-electron chi connectivity index (χ3n) is 6.80. The van der Waals surface area contributed by atoms with Crippen LogP contribution in [-0.2, 0) is 26.1 Å². The first-order valence-corrected chi connectivity index (χ1v) is 14.3. The van der Waals surface area contributed by atoms with Crippen molar-refractivity contribution in [2.45, 2.75) is 31.6 Å². The standard InChI is InChI=1S/C29H32N4O4S/c1-20(2)38(35,36)32-24-12-13-26-25(18-24)27(29(34)31-26)28(22-6-4-3-5-7-22)30-23-10-8-21(9-11-23)19-33-14-16-37-17-15-33/h3-13,18,20,27,32H,14-17,19H2,1-2H3,(H,31,34). The maximum atomic E-state index is 13.3. The second-order valence-electron chi connectivity index (χ2n) is 9.84. The number of rotatable bonds is 8. The normalized spacial score (nSPS) is 18.3. The number of carbonyl (C=O) groups is 1. The Morgan fingerprint density at radius 2 is 1.76 bits per heavy atom. The number of anilines is 2. The lowest BCUT2D eigenvalue weighted by Crippen LogP contribution is -2.35. The minimum absolute atomic E-state index is 0.199. The summed E-state index contributed by atoms with van der Waals surface area (Å²) in [5.41, 5.74) is 5.12. The van der Waals surface area contributed by atoms with E-state index in [1.54, 1.807) is 32.0 Å². The molecule has 38 heavy (non-hydrogen) atoms. The maximum Gasteiger partial charge on any atom is 0.238 e. The minimum atomic E-state index is -3.53. The Balaban J connectivity index is 1.49. The number of morpholine rings is 1. The molecule has 0 aliphatic carbocycles. The van der Waals surface area contributed by atoms with Gasteiger partial charge in [0, 0.05) is 31.0 Å². The van der Waals surface area contributed by atoms with Crippen LogP contribution < -0.4 is 10.0 Å². The van der Waals surface area contributed by atoms with E-state index < -0.39 is 21.2 Å². The van der Waals surface area contributed by atoms with Crippen LogP contribution in [0.4, 0.5) is 17.1 Å². The van der Waals surface area contributed by atoms with Crippen molar-refractivity contribution >= 4 is 38.7 Å². The zero-order valence-electron chi connectivity index (χ0n) is 21.6. The maximum absolute atomic E-state index is 13.3. The van der Waals surface area contributed by atoms with Crippen molar-refractivity contribution in [3.63, 3.8) is 0 Å². The summed E-state index contributed by atoms with van der Waals surface area (Å²) in [5, 5.41) is 2.35. The zero-order chi connectivity index (χ0) is 26.7. The molecule has 198 valence electrons. The van der Waals surface area contributed by atoms with E-state index in [1.165, 1.54) is 5.56 Å². The molecule has 1 unspecified atom stereocenters. The number of hydrogen-bond acceptors (Lipinski definition) is 6. The molecule has 2 heterocycles. The minimum Gasteiger partial charge on any atom is -0.379 e. The van der Waals surface area contributed by atoms with Gasteiger partial charge in [0.15, 0.2) is 0 Å². The highest BCUT2D eigenvalue weighted by molar-refractivity contribution is 7.93. The molecule has 1 fully saturated rings. The van der Waals surface area contributed by atoms with Gasteiger partial charge in [0.25, 0.3) is 0 Å². The highest BCUT2D eigenvalue weighted by Gasteiger charge is 2.36. The van der Waals surface area contributed by atoms with Crippen molar-refractivity contribution in [1.29, 1.82) is 0 Å². The van der Waals surface area contributed by atoms with Crippen LogP contribution in [0.5, 0.6) is 0 Å². The number of aliphatic imine (C=N–C) groups is 1. The molecule has 0 saturated carbocycles. The zero-order valence-corrected chi connectivity index (χ0v) is 22.4. The molecule has 2 aliphatic heterocycles. The Bertz CT molecular complexity index is 1430. The van der Waals surface area contributed by atoms with Gasteiger partial charge in [0.05, 0.1) is 29.9 Å². The number of benzene rings is 3. The van der Waals surface area contributed by atoms with Gasteiger partial charge in [0.1, 0.15) is 5.92 Å². The average molecular weight is 533 g/mol. The van der Waals surface area contributed by atoms with Crippen molar-refractivity contribution in [3.8, 4) is 0 Å². The molecule has 1 saturated heterocycles. The molecule has 0 spiro atoms. The second-order valence-corrected chi connectivity index (χ2v) is 12.1. The van der Waals surface area contributed by atoms with Crippen molar-refractivity contribution in [1.82, 2.24) is 4.90 Å². The van der Waals surface area contributed by atoms with E-state index in [4.69, 9.17) is 9.73 Å². The molecule has 3 aromatic rings. The topological polar surface area (TPSA) is 100 Å². The second kappa shape index (κ2) is 11.1. The molecular weight excluding hydrogens is 500 g/mol. The molecule has 8 nitrogen and oxygen atoms in total. The van der Waals surface area contributed by atoms with Gasteiger partial charge in [0.2, 0.25) is 15.9 Å². The van der Waals surface area contributed by atoms with Crippen LogP contribution in [0.2, 0.25) is 0 Å². The molecule has 1 amide bonds. The predicted octanol–water partition coefficient (Wildman–Crippen LogP) is 4.53. The summed E-state index contributed by atoms with van der Waals surface area (Å²) in [4.78, 5) is 20.6. The molecule has 2 N–H and O–H groups in total. The van der Waals surface area contributed by atoms with E-state index in [0.717, 1.165) is 44.1 Å². The lowest BCUT2D eigenvalue weighted by Gasteiger charge is -2.26. The monoisotopic (exact) mass is 532 g/mol. The molecule has 5 rings (SSSR count). The molecule has 1 atom stereocenters. The highest BCUT2D eigenvalue weighted by Crippen LogP contribution is 2.38. The number of hydrogen-bond donors (Lipinski definition) is 2. The van der Waals surface area contributed by atoms with Gasteiger partial charge in [-0.15, -0.1) is 0 Å². The average Bonchev–Trinajstić information content (AvgIpc) is 3.24. The van der Waals surface area contributed by atoms with Crippen LogP contribution in [0.15, 0.2) is 77.8 Å². The Labute approximate surface area is 223 Å². The van der Waals surface area contributed by atoms with Gasteiger partial charge in [-0.1, -0.05) is 42.5 Å². The number of sulfonamides is 1. The first-order chi connectivity index (χ1) is 18.3. The summed E-state index contributed by atoms with van der Waals surface area (Å²) in [6, 6.07) is 22.8. The van der Waals surface area contributed by atoms with Crippen LogP contribution >= 0.6 is 0 Å². The van der Waals surface area contributed by atoms with Crippen LogP contribution in [-0.4, -0.2) is 56.5 Å². The summed E-state index contributed by atoms with van der Waals surface area (Å²) < 4.78 is 33.0. The summed E-state index contributed by atoms with van der Waals surface area (Å²) in [6.07, 6.45) is 0. The predicted molar refractivity (Wildman–Crippen MR) is 151 cm³/mol. The van der Waals surface area contributed by atoms with Gasteiger partial charge in [-0.3, -0.25) is 19.4 Å². The lowest BCUT2D eigenvalue weighted by molar-refractivity contribution is -0.115. The van der Waals surface area contributed by atoms with Gasteiger partial charge in [-0.25, -0.2) is 8.42 Å². The molecule has 0 aromatic heterocycles. The highest BCUT2D eigenvalue weighted by atomic mass is 32.2. The van der Waals surface area contributed by atoms with Crippen molar-refractivity contribution in [2.24, 2.45) is 4.99 Å². The van der Waals surface area contributed by atoms with Gasteiger partial charge >= 0.3 is 0 Å². The van der Waals surface area contributed by atoms with E-state index in [0.29, 0.717) is 22.6 Å². The summed E-state index contributed by atoms with van der Waals surface area (Å²) in [5.74, 6) is -0.890. The van der Waals surface area contributed by atoms with Crippen LogP contribution in [0, 0.1) is 0 Å². The largest absolute Gasteiger partial charge is 0.379 e. The Kier molecular flexibility index (Phi) is 7.60. The van der Waals surface area contributed by atoms with Crippen LogP contribution in [0.1, 0.15) is 36.5 Å². The fraction of sp³-hybridized carbons (Fsp3) is 0.310. The number of nitrogens with zero attached hydrogens (tertiary/aromatic N) is 2. The molecule has 9 heteroatoms. The Hall–Kier alpha value is -3.53. The molecule has 3 aromatic carbocycles. The summed E-state index contributed by atoms with van der Waals surface area (Å²) >= 11 is 0. The van der Waals surface area contributed by atoms with Crippen molar-refractivity contribution < 1.29 is 17.9 Å². The van der Waals surface area contributed by atoms with Gasteiger partial charge in [-0.2, -0.15) is 0 Å². The fourth-order valence-corrected chi connectivity index (χ4v) is 5.31. The van der Waals surface area contributed by atoms with Gasteiger partial charge < -0.3 is 10.1 Å². The first-order valence-electron chi connectivity index (χ1n) is 12.8. The Morgan fingerprint density at radius 1 is 1.05 bits per heavy atom. The number of fused-ring (bicyclic) bond motifs is 1. The smallest absolute Gasteiger partial charge is 0.238 e.